The van der Waals surface area contributed by atoms with Gasteiger partial charge < -0.3 is 14.8 Å². The number of halogens is 1. The first-order valence-corrected chi connectivity index (χ1v) is 9.22. The zero-order valence-electron chi connectivity index (χ0n) is 14.6. The van der Waals surface area contributed by atoms with E-state index in [9.17, 15) is 0 Å². The summed E-state index contributed by atoms with van der Waals surface area (Å²) in [5, 5.41) is 3.47. The highest BCUT2D eigenvalue weighted by atomic mass is 79.9. The second-order valence-corrected chi connectivity index (χ2v) is 6.99. The third-order valence-corrected chi connectivity index (χ3v) is 4.11. The first kappa shape index (κ1) is 18.8. The number of hydrogen-bond acceptors (Lipinski definition) is 3. The molecule has 0 heterocycles. The van der Waals surface area contributed by atoms with Gasteiger partial charge in [-0.2, -0.15) is 0 Å². The molecule has 0 aromatic heterocycles. The minimum Gasteiger partial charge on any atom is -0.490 e. The molecule has 130 valence electrons. The van der Waals surface area contributed by atoms with Gasteiger partial charge in [0.05, 0.1) is 11.1 Å². The Balaban J connectivity index is 1.99. The molecule has 0 saturated carbocycles. The minimum atomic E-state index is 0.515. The maximum atomic E-state index is 6.01. The SMILES string of the molecule is CCOc1cccc(Br)c1OCc1cccc(CNCC(C)C)c1. The predicted molar refractivity (Wildman–Crippen MR) is 103 cm³/mol. The van der Waals surface area contributed by atoms with Gasteiger partial charge in [-0.1, -0.05) is 44.2 Å². The summed E-state index contributed by atoms with van der Waals surface area (Å²) in [4.78, 5) is 0. The molecule has 2 aromatic rings. The summed E-state index contributed by atoms with van der Waals surface area (Å²) >= 11 is 3.54. The number of ether oxygens (including phenoxy) is 2. The minimum absolute atomic E-state index is 0.515. The van der Waals surface area contributed by atoms with Gasteiger partial charge in [-0.3, -0.25) is 0 Å². The lowest BCUT2D eigenvalue weighted by molar-refractivity contribution is 0.267. The Hall–Kier alpha value is -1.52. The Morgan fingerprint density at radius 3 is 2.54 bits per heavy atom. The van der Waals surface area contributed by atoms with Gasteiger partial charge in [-0.05, 0) is 58.6 Å². The van der Waals surface area contributed by atoms with E-state index >= 15 is 0 Å². The molecule has 0 atom stereocenters. The molecule has 0 aliphatic heterocycles. The highest BCUT2D eigenvalue weighted by molar-refractivity contribution is 9.10. The molecule has 0 aliphatic rings. The van der Waals surface area contributed by atoms with Gasteiger partial charge in [-0.25, -0.2) is 0 Å². The van der Waals surface area contributed by atoms with Crippen LogP contribution in [0.5, 0.6) is 11.5 Å². The summed E-state index contributed by atoms with van der Waals surface area (Å²) in [6.07, 6.45) is 0. The van der Waals surface area contributed by atoms with Crippen molar-refractivity contribution in [2.24, 2.45) is 5.92 Å². The van der Waals surface area contributed by atoms with Gasteiger partial charge in [0.1, 0.15) is 6.61 Å². The third-order valence-electron chi connectivity index (χ3n) is 3.49. The second kappa shape index (κ2) is 9.70. The topological polar surface area (TPSA) is 30.5 Å². The molecule has 0 aliphatic carbocycles. The first-order chi connectivity index (χ1) is 11.6. The summed E-state index contributed by atoms with van der Waals surface area (Å²) in [5.74, 6) is 2.17. The summed E-state index contributed by atoms with van der Waals surface area (Å²) in [5.41, 5.74) is 2.42. The maximum absolute atomic E-state index is 6.01. The second-order valence-electron chi connectivity index (χ2n) is 6.13. The van der Waals surface area contributed by atoms with Crippen molar-refractivity contribution in [2.75, 3.05) is 13.2 Å². The molecule has 0 radical (unpaired) electrons. The van der Waals surface area contributed by atoms with E-state index in [0.717, 1.165) is 34.6 Å². The predicted octanol–water partition coefficient (Wildman–Crippen LogP) is 5.17. The molecule has 0 unspecified atom stereocenters. The molecule has 0 fully saturated rings. The highest BCUT2D eigenvalue weighted by Crippen LogP contribution is 2.35. The Morgan fingerprint density at radius 1 is 1.04 bits per heavy atom. The molecular formula is C20H26BrNO2. The molecule has 4 heteroatoms. The lowest BCUT2D eigenvalue weighted by Crippen LogP contribution is -2.19. The molecule has 0 bridgehead atoms. The first-order valence-electron chi connectivity index (χ1n) is 8.42. The van der Waals surface area contributed by atoms with Crippen LogP contribution in [0.15, 0.2) is 46.9 Å². The fourth-order valence-electron chi connectivity index (χ4n) is 2.39. The third kappa shape index (κ3) is 5.84. The zero-order chi connectivity index (χ0) is 17.4. The van der Waals surface area contributed by atoms with Gasteiger partial charge in [0.15, 0.2) is 11.5 Å². The molecule has 2 aromatic carbocycles. The van der Waals surface area contributed by atoms with Crippen molar-refractivity contribution < 1.29 is 9.47 Å². The number of nitrogens with one attached hydrogen (secondary N) is 1. The fourth-order valence-corrected chi connectivity index (χ4v) is 2.85. The van der Waals surface area contributed by atoms with Crippen molar-refractivity contribution in [1.29, 1.82) is 0 Å². The van der Waals surface area contributed by atoms with E-state index in [1.54, 1.807) is 0 Å². The average molecular weight is 392 g/mol. The van der Waals surface area contributed by atoms with Crippen molar-refractivity contribution in [3.63, 3.8) is 0 Å². The average Bonchev–Trinajstić information content (AvgIpc) is 2.55. The van der Waals surface area contributed by atoms with E-state index in [1.165, 1.54) is 5.56 Å². The van der Waals surface area contributed by atoms with E-state index in [1.807, 2.05) is 25.1 Å². The monoisotopic (exact) mass is 391 g/mol. The van der Waals surface area contributed by atoms with Crippen LogP contribution < -0.4 is 14.8 Å². The van der Waals surface area contributed by atoms with Gasteiger partial charge in [0.25, 0.3) is 0 Å². The summed E-state index contributed by atoms with van der Waals surface area (Å²) in [6, 6.07) is 14.3. The van der Waals surface area contributed by atoms with Crippen molar-refractivity contribution in [3.05, 3.63) is 58.1 Å². The molecule has 3 nitrogen and oxygen atoms in total. The van der Waals surface area contributed by atoms with E-state index < -0.39 is 0 Å². The molecule has 0 amide bonds. The van der Waals surface area contributed by atoms with Crippen LogP contribution in [0.2, 0.25) is 0 Å². The molecule has 0 saturated heterocycles. The molecular weight excluding hydrogens is 366 g/mol. The van der Waals surface area contributed by atoms with Crippen LogP contribution in [-0.2, 0) is 13.2 Å². The smallest absolute Gasteiger partial charge is 0.175 e. The van der Waals surface area contributed by atoms with E-state index in [-0.39, 0.29) is 0 Å². The number of rotatable bonds is 9. The Bertz CT molecular complexity index is 643. The van der Waals surface area contributed by atoms with Crippen LogP contribution in [0.25, 0.3) is 0 Å². The van der Waals surface area contributed by atoms with Crippen LogP contribution in [0.4, 0.5) is 0 Å². The Kier molecular flexibility index (Phi) is 7.60. The van der Waals surface area contributed by atoms with Crippen molar-refractivity contribution >= 4 is 15.9 Å². The fraction of sp³-hybridized carbons (Fsp3) is 0.400. The highest BCUT2D eigenvalue weighted by Gasteiger charge is 2.09. The van der Waals surface area contributed by atoms with Gasteiger partial charge in [-0.15, -0.1) is 0 Å². The van der Waals surface area contributed by atoms with E-state index in [2.05, 4.69) is 59.4 Å². The molecule has 2 rings (SSSR count). The summed E-state index contributed by atoms with van der Waals surface area (Å²) < 4.78 is 12.6. The number of benzene rings is 2. The van der Waals surface area contributed by atoms with Crippen LogP contribution in [-0.4, -0.2) is 13.2 Å². The lowest BCUT2D eigenvalue weighted by Gasteiger charge is -2.14. The lowest BCUT2D eigenvalue weighted by atomic mass is 10.1. The van der Waals surface area contributed by atoms with Crippen LogP contribution >= 0.6 is 15.9 Å². The van der Waals surface area contributed by atoms with E-state index in [0.29, 0.717) is 19.1 Å². The summed E-state index contributed by atoms with van der Waals surface area (Å²) in [7, 11) is 0. The van der Waals surface area contributed by atoms with Crippen LogP contribution in [0.1, 0.15) is 31.9 Å². The molecule has 24 heavy (non-hydrogen) atoms. The molecule has 0 spiro atoms. The van der Waals surface area contributed by atoms with Crippen LogP contribution in [0.3, 0.4) is 0 Å². The standard InChI is InChI=1S/C20H26BrNO2/c1-4-23-19-10-6-9-18(21)20(19)24-14-17-8-5-7-16(11-17)13-22-12-15(2)3/h5-11,15,22H,4,12-14H2,1-3H3. The number of para-hydroxylation sites is 1. The normalized spacial score (nSPS) is 10.9. The quantitative estimate of drug-likeness (QED) is 0.639. The Labute approximate surface area is 153 Å². The van der Waals surface area contributed by atoms with Crippen molar-refractivity contribution in [3.8, 4) is 11.5 Å². The van der Waals surface area contributed by atoms with Gasteiger partial charge in [0.2, 0.25) is 0 Å². The Morgan fingerprint density at radius 2 is 1.79 bits per heavy atom. The largest absolute Gasteiger partial charge is 0.490 e. The molecule has 1 N–H and O–H groups in total. The van der Waals surface area contributed by atoms with Gasteiger partial charge >= 0.3 is 0 Å². The van der Waals surface area contributed by atoms with Gasteiger partial charge in [0, 0.05) is 6.54 Å². The van der Waals surface area contributed by atoms with Crippen molar-refractivity contribution in [2.45, 2.75) is 33.9 Å². The van der Waals surface area contributed by atoms with Crippen molar-refractivity contribution in [1.82, 2.24) is 5.32 Å². The summed E-state index contributed by atoms with van der Waals surface area (Å²) in [6.45, 7) is 9.43. The van der Waals surface area contributed by atoms with E-state index in [4.69, 9.17) is 9.47 Å². The number of hydrogen-bond donors (Lipinski definition) is 1. The van der Waals surface area contributed by atoms with Crippen LogP contribution in [0, 0.1) is 5.92 Å². The zero-order valence-corrected chi connectivity index (χ0v) is 16.2. The maximum Gasteiger partial charge on any atom is 0.175 e.